The van der Waals surface area contributed by atoms with Crippen molar-refractivity contribution >= 4 is 212 Å². The molecule has 0 amide bonds. The van der Waals surface area contributed by atoms with E-state index in [9.17, 15) is 0 Å². The number of thiophene rings is 2. The first-order valence-electron chi connectivity index (χ1n) is 41.1. The van der Waals surface area contributed by atoms with E-state index in [0.717, 1.165) is 131 Å². The van der Waals surface area contributed by atoms with Gasteiger partial charge in [0.2, 0.25) is 0 Å². The predicted molar refractivity (Wildman–Crippen MR) is 509 cm³/mol. The standard InChI is InChI=1S/C109H70B2N6S2/c1-6-33-70(34-7-1)79-45-18-24-54-90(79)114-97-69-98-89(68-88(97)110-86-52-22-26-56-92(86)116(94-58-30-38-73-63-72-37-16-17-47-81(72)105(73)94)101-65-77(64-99(114)106(101)110)112(74-39-10-3-11-40-74)75-41-12-4-13-42-75)111-87-53-23-27-57-93(87)117(96-60-32-51-85-83-49-21-29-62-104(83)119-109(85)96)102-67-78(66-100(107(102)111)115(98)91-55-25-19-46-80(91)71-35-8-2-9-36-71)113(76-43-14-5-15-44-76)95-59-31-50-84-82-48-20-28-61-103(82)118-108(84)95/h1-62,64-69H,63H2. The molecule has 2 aromatic heterocycles. The van der Waals surface area contributed by atoms with Gasteiger partial charge in [-0.3, -0.25) is 0 Å². The zero-order valence-corrected chi connectivity index (χ0v) is 66.3. The normalized spacial score (nSPS) is 13.1. The van der Waals surface area contributed by atoms with Crippen molar-refractivity contribution in [3.05, 3.63) is 424 Å². The Kier molecular flexibility index (Phi) is 15.3. The molecular formula is C109H70B2N6S2. The molecule has 0 saturated heterocycles. The molecule has 0 bridgehead atoms. The summed E-state index contributed by atoms with van der Waals surface area (Å²) >= 11 is 3.76. The molecular weight excluding hydrogens is 1480 g/mol. The van der Waals surface area contributed by atoms with E-state index < -0.39 is 0 Å². The van der Waals surface area contributed by atoms with Gasteiger partial charge >= 0.3 is 0 Å². The van der Waals surface area contributed by atoms with Crippen LogP contribution in [-0.2, 0) is 6.42 Å². The van der Waals surface area contributed by atoms with Gasteiger partial charge in [-0.15, -0.1) is 22.7 Å². The van der Waals surface area contributed by atoms with Crippen molar-refractivity contribution in [3.63, 3.8) is 0 Å². The highest BCUT2D eigenvalue weighted by atomic mass is 32.1. The third-order valence-corrected chi connectivity index (χ3v) is 27.8. The van der Waals surface area contributed by atoms with Gasteiger partial charge in [0.15, 0.2) is 0 Å². The van der Waals surface area contributed by atoms with Gasteiger partial charge in [-0.1, -0.05) is 291 Å². The fraction of sp³-hybridized carbons (Fsp3) is 0.00917. The fourth-order valence-corrected chi connectivity index (χ4v) is 22.9. The van der Waals surface area contributed by atoms with Crippen LogP contribution in [0.1, 0.15) is 11.1 Å². The van der Waals surface area contributed by atoms with Crippen molar-refractivity contribution in [2.75, 3.05) is 29.4 Å². The van der Waals surface area contributed by atoms with Crippen molar-refractivity contribution in [2.45, 2.75) is 6.42 Å². The number of anilines is 18. The Hall–Kier alpha value is -14.7. The number of hydrogen-bond donors (Lipinski definition) is 0. The maximum atomic E-state index is 2.71. The summed E-state index contributed by atoms with van der Waals surface area (Å²) in [5.41, 5.74) is 36.9. The lowest BCUT2D eigenvalue weighted by Gasteiger charge is -2.48. The first-order chi connectivity index (χ1) is 59.1. The minimum absolute atomic E-state index is 0.280. The molecule has 0 radical (unpaired) electrons. The Bertz CT molecular complexity index is 7500. The van der Waals surface area contributed by atoms with Crippen molar-refractivity contribution in [2.24, 2.45) is 0 Å². The highest BCUT2D eigenvalue weighted by Crippen LogP contribution is 2.58. The molecule has 0 N–H and O–H groups in total. The molecule has 1 aliphatic carbocycles. The molecule has 6 heterocycles. The lowest BCUT2D eigenvalue weighted by atomic mass is 9.30. The van der Waals surface area contributed by atoms with Gasteiger partial charge in [-0.05, 0) is 188 Å². The second kappa shape index (κ2) is 27.0. The molecule has 18 aromatic carbocycles. The lowest BCUT2D eigenvalue weighted by molar-refractivity contribution is 1.21. The zero-order valence-electron chi connectivity index (χ0n) is 64.6. The first kappa shape index (κ1) is 67.6. The van der Waals surface area contributed by atoms with Crippen LogP contribution < -0.4 is 62.2 Å². The quantitative estimate of drug-likeness (QED) is 0.113. The largest absolute Gasteiger partial charge is 0.311 e. The number of para-hydroxylation sites is 7. The molecule has 6 nitrogen and oxygen atoms in total. The summed E-state index contributed by atoms with van der Waals surface area (Å²) in [6.45, 7) is -0.571. The van der Waals surface area contributed by atoms with Gasteiger partial charge in [-0.25, -0.2) is 0 Å². The van der Waals surface area contributed by atoms with E-state index >= 15 is 0 Å². The second-order valence-electron chi connectivity index (χ2n) is 31.7. The fourth-order valence-electron chi connectivity index (χ4n) is 20.5. The molecule has 20 aromatic rings. The van der Waals surface area contributed by atoms with Crippen LogP contribution in [0.4, 0.5) is 102 Å². The molecule has 4 aliphatic heterocycles. The summed E-state index contributed by atoms with van der Waals surface area (Å²) in [5, 5.41) is 5.01. The maximum Gasteiger partial charge on any atom is 0.252 e. The number of nitrogens with zero attached hydrogens (tertiary/aromatic N) is 6. The smallest absolute Gasteiger partial charge is 0.252 e. The van der Waals surface area contributed by atoms with Crippen molar-refractivity contribution in [1.82, 2.24) is 0 Å². The highest BCUT2D eigenvalue weighted by molar-refractivity contribution is 7.27. The third-order valence-electron chi connectivity index (χ3n) is 25.3. The van der Waals surface area contributed by atoms with Gasteiger partial charge < -0.3 is 29.4 Å². The average Bonchev–Trinajstić information content (AvgIpc) is 1.67. The third kappa shape index (κ3) is 10.3. The molecule has 5 aliphatic rings. The summed E-state index contributed by atoms with van der Waals surface area (Å²) in [5.74, 6) is 0. The Morgan fingerprint density at radius 2 is 0.597 bits per heavy atom. The van der Waals surface area contributed by atoms with Gasteiger partial charge in [0.25, 0.3) is 13.4 Å². The average molecular weight is 1550 g/mol. The molecule has 25 rings (SSSR count). The van der Waals surface area contributed by atoms with Gasteiger partial charge in [-0.2, -0.15) is 0 Å². The minimum atomic E-state index is -0.291. The number of hydrogen-bond acceptors (Lipinski definition) is 8. The number of rotatable bonds is 12. The highest BCUT2D eigenvalue weighted by Gasteiger charge is 2.50. The van der Waals surface area contributed by atoms with Crippen LogP contribution in [0.5, 0.6) is 0 Å². The van der Waals surface area contributed by atoms with E-state index in [1.165, 1.54) is 95.4 Å². The van der Waals surface area contributed by atoms with Crippen LogP contribution >= 0.6 is 22.7 Å². The number of benzene rings is 18. The van der Waals surface area contributed by atoms with Crippen molar-refractivity contribution < 1.29 is 0 Å². The summed E-state index contributed by atoms with van der Waals surface area (Å²) in [6, 6.07) is 156. The van der Waals surface area contributed by atoms with Crippen LogP contribution in [0.2, 0.25) is 0 Å². The predicted octanol–water partition coefficient (Wildman–Crippen LogP) is 26.4. The lowest BCUT2D eigenvalue weighted by Crippen LogP contribution is -2.65. The van der Waals surface area contributed by atoms with Gasteiger partial charge in [0, 0.05) is 110 Å². The van der Waals surface area contributed by atoms with E-state index in [-0.39, 0.29) is 13.4 Å². The topological polar surface area (TPSA) is 19.4 Å². The Morgan fingerprint density at radius 1 is 0.227 bits per heavy atom. The van der Waals surface area contributed by atoms with Crippen molar-refractivity contribution in [3.8, 4) is 33.4 Å². The van der Waals surface area contributed by atoms with Crippen LogP contribution in [0, 0.1) is 0 Å². The van der Waals surface area contributed by atoms with Crippen LogP contribution in [0.15, 0.2) is 413 Å². The van der Waals surface area contributed by atoms with E-state index in [1.807, 2.05) is 22.7 Å². The Labute approximate surface area is 699 Å². The van der Waals surface area contributed by atoms with Crippen LogP contribution in [-0.4, -0.2) is 13.4 Å². The number of fused-ring (bicyclic) bond motifs is 17. The second-order valence-corrected chi connectivity index (χ2v) is 33.8. The molecule has 0 spiro atoms. The molecule has 0 unspecified atom stereocenters. The minimum Gasteiger partial charge on any atom is -0.311 e. The molecule has 0 fully saturated rings. The summed E-state index contributed by atoms with van der Waals surface area (Å²) in [6.07, 6.45) is 0.865. The summed E-state index contributed by atoms with van der Waals surface area (Å²) in [7, 11) is 0. The summed E-state index contributed by atoms with van der Waals surface area (Å²) < 4.78 is 4.99. The first-order valence-corrected chi connectivity index (χ1v) is 42.7. The van der Waals surface area contributed by atoms with Crippen LogP contribution in [0.3, 0.4) is 0 Å². The van der Waals surface area contributed by atoms with Gasteiger partial charge in [0.05, 0.1) is 49.2 Å². The Morgan fingerprint density at radius 3 is 1.14 bits per heavy atom. The maximum absolute atomic E-state index is 2.71. The van der Waals surface area contributed by atoms with E-state index in [4.69, 9.17) is 0 Å². The summed E-state index contributed by atoms with van der Waals surface area (Å²) in [4.78, 5) is 15.7. The van der Waals surface area contributed by atoms with Crippen molar-refractivity contribution in [1.29, 1.82) is 0 Å². The van der Waals surface area contributed by atoms with E-state index in [2.05, 4.69) is 442 Å². The van der Waals surface area contributed by atoms with E-state index in [0.29, 0.717) is 0 Å². The molecule has 554 valence electrons. The van der Waals surface area contributed by atoms with E-state index in [1.54, 1.807) is 0 Å². The zero-order chi connectivity index (χ0) is 77.9. The SMILES string of the molecule is c1ccc(-c2ccccc2N2c3cc4c(cc3B3c5ccccc5N(c5cccc6c5-c5ccccc5C6)c5cc(N(c6ccccc6)c6ccccc6)cc2c53)B2c3ccccc3N(c3cccc5c3sc3ccccc35)c3cc(N(c5ccccc5)c5cccc6c5sc5ccccc56)cc(c32)N4c2ccccc2-c2ccccc2)cc1. The molecule has 0 atom stereocenters. The molecule has 10 heteroatoms. The van der Waals surface area contributed by atoms with Crippen LogP contribution in [0.25, 0.3) is 73.7 Å². The van der Waals surface area contributed by atoms with Gasteiger partial charge in [0.1, 0.15) is 0 Å². The Balaban J connectivity index is 0.837. The molecule has 119 heavy (non-hydrogen) atoms. The monoisotopic (exact) mass is 1550 g/mol. The molecule has 0 saturated carbocycles.